The van der Waals surface area contributed by atoms with Gasteiger partial charge < -0.3 is 20.6 Å². The van der Waals surface area contributed by atoms with Gasteiger partial charge in [0.25, 0.3) is 5.91 Å². The number of carboxylic acid groups (broad SMARTS) is 1. The first-order valence-electron chi connectivity index (χ1n) is 10.5. The van der Waals surface area contributed by atoms with E-state index in [1.54, 1.807) is 30.3 Å². The van der Waals surface area contributed by atoms with E-state index in [1.165, 1.54) is 19.3 Å². The van der Waals surface area contributed by atoms with Gasteiger partial charge in [-0.2, -0.15) is 13.2 Å². The predicted octanol–water partition coefficient (Wildman–Crippen LogP) is 2.39. The van der Waals surface area contributed by atoms with Crippen molar-refractivity contribution in [1.29, 1.82) is 0 Å². The van der Waals surface area contributed by atoms with Crippen LogP contribution < -0.4 is 10.6 Å². The fourth-order valence-corrected chi connectivity index (χ4v) is 3.58. The second kappa shape index (κ2) is 12.2. The van der Waals surface area contributed by atoms with Crippen molar-refractivity contribution >= 4 is 53.2 Å². The number of alkyl halides is 3. The number of ketones is 1. The third-order valence-electron chi connectivity index (χ3n) is 5.32. The van der Waals surface area contributed by atoms with Gasteiger partial charge in [-0.1, -0.05) is 42.5 Å². The number of carbonyl (C=O) groups is 4. The van der Waals surface area contributed by atoms with Crippen LogP contribution in [0.3, 0.4) is 0 Å². The van der Waals surface area contributed by atoms with Gasteiger partial charge in [-0.25, -0.2) is 4.79 Å². The van der Waals surface area contributed by atoms with E-state index in [0.29, 0.717) is 16.7 Å². The third kappa shape index (κ3) is 7.67. The molecule has 0 fully saturated rings. The molecule has 12 heteroatoms. The molecule has 1 aliphatic heterocycles. The van der Waals surface area contributed by atoms with Gasteiger partial charge in [0, 0.05) is 19.3 Å². The Bertz CT molecular complexity index is 1190. The van der Waals surface area contributed by atoms with Crippen LogP contribution in [-0.2, 0) is 27.0 Å². The Morgan fingerprint density at radius 2 is 1.72 bits per heavy atom. The minimum atomic E-state index is -4.48. The molecule has 0 radical (unpaired) electrons. The molecule has 8 nitrogen and oxygen atoms in total. The Labute approximate surface area is 226 Å². The average molecular weight is 513 g/mol. The number of urea groups is 1. The number of amides is 3. The number of hydrogen-bond acceptors (Lipinski definition) is 4. The molecule has 0 aliphatic carbocycles. The summed E-state index contributed by atoms with van der Waals surface area (Å²) in [5.41, 5.74) is 0.624. The predicted molar refractivity (Wildman–Crippen MR) is 125 cm³/mol. The molecule has 1 heterocycles. The number of carbonyl (C=O) groups excluding carboxylic acids is 3. The molecule has 0 spiro atoms. The van der Waals surface area contributed by atoms with Crippen molar-refractivity contribution in [2.75, 3.05) is 7.05 Å². The van der Waals surface area contributed by atoms with Crippen LogP contribution in [0.1, 0.15) is 34.7 Å². The summed E-state index contributed by atoms with van der Waals surface area (Å²) in [5, 5.41) is 14.0. The van der Waals surface area contributed by atoms with E-state index >= 15 is 0 Å². The van der Waals surface area contributed by atoms with E-state index < -0.39 is 53.9 Å². The van der Waals surface area contributed by atoms with E-state index in [2.05, 4.69) is 10.6 Å². The topological polar surface area (TPSA) is 116 Å². The molecule has 3 N–H and O–H groups in total. The molecule has 0 saturated carbocycles. The summed E-state index contributed by atoms with van der Waals surface area (Å²) >= 11 is 0. The fourth-order valence-electron chi connectivity index (χ4n) is 3.58. The summed E-state index contributed by atoms with van der Waals surface area (Å²) < 4.78 is 39.0. The summed E-state index contributed by atoms with van der Waals surface area (Å²) in [4.78, 5) is 49.2. The third-order valence-corrected chi connectivity index (χ3v) is 5.32. The first kappa shape index (κ1) is 29.1. The van der Waals surface area contributed by atoms with E-state index in [4.69, 9.17) is 0 Å². The van der Waals surface area contributed by atoms with Gasteiger partial charge in [0.2, 0.25) is 0 Å². The van der Waals surface area contributed by atoms with E-state index in [1.807, 2.05) is 0 Å². The van der Waals surface area contributed by atoms with E-state index in [9.17, 15) is 37.5 Å². The summed E-state index contributed by atoms with van der Waals surface area (Å²) in [6.45, 7) is 0. The Morgan fingerprint density at radius 1 is 1.08 bits per heavy atom. The van der Waals surface area contributed by atoms with Crippen molar-refractivity contribution in [2.24, 2.45) is 0 Å². The summed E-state index contributed by atoms with van der Waals surface area (Å²) in [6, 6.07) is 7.89. The minimum absolute atomic E-state index is 0. The summed E-state index contributed by atoms with van der Waals surface area (Å²) in [6.07, 6.45) is -2.43. The molecule has 0 aromatic heterocycles. The zero-order valence-corrected chi connectivity index (χ0v) is 18.5. The molecule has 0 bridgehead atoms. The Morgan fingerprint density at radius 3 is 2.36 bits per heavy atom. The van der Waals surface area contributed by atoms with Crippen molar-refractivity contribution in [2.45, 2.75) is 31.1 Å². The molecule has 2 aromatic carbocycles. The maximum atomic E-state index is 13.0. The number of hydrogen-bond donors (Lipinski definition) is 3. The van der Waals surface area contributed by atoms with Crippen LogP contribution >= 0.6 is 0 Å². The molecular formula is C24H23F3N3NaO5. The number of nitrogens with zero attached hydrogens (tertiary/aromatic N) is 1. The fraction of sp³-hybridized carbons (Fsp3) is 0.250. The Balaban J connectivity index is 0.00000456. The van der Waals surface area contributed by atoms with Crippen molar-refractivity contribution in [3.63, 3.8) is 0 Å². The molecule has 1 unspecified atom stereocenters. The van der Waals surface area contributed by atoms with Crippen LogP contribution in [0.15, 0.2) is 60.8 Å². The average Bonchev–Trinajstić information content (AvgIpc) is 2.78. The van der Waals surface area contributed by atoms with Gasteiger partial charge in [-0.3, -0.25) is 14.4 Å². The van der Waals surface area contributed by atoms with Crippen molar-refractivity contribution in [3.05, 3.63) is 83.1 Å². The second-order valence-corrected chi connectivity index (χ2v) is 7.99. The Hall–Kier alpha value is -3.15. The number of nitrogens with one attached hydrogen (secondary N) is 2. The number of carboxylic acids is 1. The number of benzene rings is 2. The molecule has 3 amide bonds. The standard InChI is InChI=1S/C24H22F3N3O5.Na.H/c1-30-9-8-19(31)21(22(30)34)29-23(35)28-18(13-20(32)33)16-6-2-4-14(11-16)10-15-5-3-7-17(12-15)24(25,26)27;;/h2-9,11-12,18,21H,10,13H2,1H3,(H,32,33)(H2,28,29,35);;/t18-,21?;;/m0../s1. The zero-order valence-electron chi connectivity index (χ0n) is 18.5. The molecule has 36 heavy (non-hydrogen) atoms. The van der Waals surface area contributed by atoms with E-state index in [0.717, 1.165) is 23.1 Å². The van der Waals surface area contributed by atoms with Crippen LogP contribution in [0, 0.1) is 0 Å². The van der Waals surface area contributed by atoms with Gasteiger partial charge >= 0.3 is 47.7 Å². The normalized spacial score (nSPS) is 16.2. The van der Waals surface area contributed by atoms with Gasteiger partial charge in [-0.05, 0) is 29.2 Å². The van der Waals surface area contributed by atoms with E-state index in [-0.39, 0.29) is 36.0 Å². The monoisotopic (exact) mass is 513 g/mol. The van der Waals surface area contributed by atoms with Gasteiger partial charge in [0.15, 0.2) is 11.8 Å². The van der Waals surface area contributed by atoms with Crippen molar-refractivity contribution < 1.29 is 37.5 Å². The first-order chi connectivity index (χ1) is 16.4. The number of likely N-dealkylation sites (N-methyl/N-ethyl adjacent to an activating group) is 1. The number of aliphatic carboxylic acids is 1. The Kier molecular flexibility index (Phi) is 9.85. The van der Waals surface area contributed by atoms with Crippen LogP contribution in [0.25, 0.3) is 0 Å². The number of rotatable bonds is 7. The van der Waals surface area contributed by atoms with Gasteiger partial charge in [0.05, 0.1) is 18.0 Å². The second-order valence-electron chi connectivity index (χ2n) is 7.99. The van der Waals surface area contributed by atoms with Gasteiger partial charge in [0.1, 0.15) is 0 Å². The summed E-state index contributed by atoms with van der Waals surface area (Å²) in [7, 11) is 1.42. The zero-order chi connectivity index (χ0) is 25.8. The van der Waals surface area contributed by atoms with Crippen LogP contribution in [0.5, 0.6) is 0 Å². The molecule has 1 aliphatic rings. The van der Waals surface area contributed by atoms with Crippen LogP contribution in [0.2, 0.25) is 0 Å². The molecule has 186 valence electrons. The van der Waals surface area contributed by atoms with Crippen molar-refractivity contribution in [1.82, 2.24) is 15.5 Å². The molecule has 2 aromatic rings. The van der Waals surface area contributed by atoms with Gasteiger partial charge in [-0.15, -0.1) is 0 Å². The summed E-state index contributed by atoms with van der Waals surface area (Å²) in [5.74, 6) is -2.49. The quantitative estimate of drug-likeness (QED) is 0.389. The molecular weight excluding hydrogens is 490 g/mol. The molecule has 3 rings (SSSR count). The maximum absolute atomic E-state index is 13.0. The molecule has 2 atom stereocenters. The SMILES string of the molecule is CN1C=CC(=O)C(NC(=O)N[C@@H](CC(=O)O)c2cccc(Cc3cccc(C(F)(F)F)c3)c2)C1=O.[NaH]. The van der Waals surface area contributed by atoms with Crippen molar-refractivity contribution in [3.8, 4) is 0 Å². The first-order valence-corrected chi connectivity index (χ1v) is 10.5. The molecule has 0 saturated heterocycles. The number of halogens is 3. The van der Waals surface area contributed by atoms with Crippen LogP contribution in [-0.4, -0.2) is 76.3 Å². The van der Waals surface area contributed by atoms with Crippen LogP contribution in [0.4, 0.5) is 18.0 Å².